The molecule has 0 fully saturated rings. The molecule has 0 aliphatic rings. The van der Waals surface area contributed by atoms with Gasteiger partial charge >= 0.3 is 0 Å². The molecule has 1 nitrogen and oxygen atoms in total. The molecule has 0 aliphatic heterocycles. The molecular formula is C29H29N. The molecule has 0 spiro atoms. The summed E-state index contributed by atoms with van der Waals surface area (Å²) in [6, 6.07) is 35.2. The second kappa shape index (κ2) is 8.59. The number of hydrogen-bond donors (Lipinski definition) is 0. The molecule has 1 heteroatoms. The molecule has 0 atom stereocenters. The minimum absolute atomic E-state index is 0.530. The largest absolute Gasteiger partial charge is 0.311 e. The van der Waals surface area contributed by atoms with Gasteiger partial charge in [0.15, 0.2) is 0 Å². The fraction of sp³-hybridized carbons (Fsp3) is 0.172. The molecule has 4 aromatic carbocycles. The Kier molecular flexibility index (Phi) is 5.72. The van der Waals surface area contributed by atoms with E-state index in [-0.39, 0.29) is 0 Å². The molecule has 0 unspecified atom stereocenters. The number of rotatable bonds is 5. The van der Waals surface area contributed by atoms with Crippen LogP contribution in [0.4, 0.5) is 17.1 Å². The van der Waals surface area contributed by atoms with Crippen LogP contribution in [0.1, 0.15) is 36.5 Å². The molecule has 4 rings (SSSR count). The molecule has 0 saturated carbocycles. The van der Waals surface area contributed by atoms with Gasteiger partial charge in [0.1, 0.15) is 0 Å². The van der Waals surface area contributed by atoms with E-state index >= 15 is 0 Å². The van der Waals surface area contributed by atoms with Gasteiger partial charge < -0.3 is 4.90 Å². The third-order valence-corrected chi connectivity index (χ3v) is 5.60. The van der Waals surface area contributed by atoms with Crippen molar-refractivity contribution in [3.05, 3.63) is 114 Å². The van der Waals surface area contributed by atoms with Crippen LogP contribution in [-0.4, -0.2) is 0 Å². The standard InChI is InChI=1S/C29H29N/c1-21(2)25-6-5-7-26(20-25)24-12-18-29(19-13-24)30(27-14-8-22(3)9-15-27)28-16-10-23(4)11-17-28/h5-21H,1-4H3. The van der Waals surface area contributed by atoms with Crippen LogP contribution in [0.2, 0.25) is 0 Å². The summed E-state index contributed by atoms with van der Waals surface area (Å²) in [6.45, 7) is 8.73. The fourth-order valence-corrected chi connectivity index (χ4v) is 3.72. The number of hydrogen-bond acceptors (Lipinski definition) is 1. The zero-order chi connectivity index (χ0) is 21.1. The van der Waals surface area contributed by atoms with Gasteiger partial charge in [0.05, 0.1) is 0 Å². The van der Waals surface area contributed by atoms with Gasteiger partial charge in [-0.2, -0.15) is 0 Å². The summed E-state index contributed by atoms with van der Waals surface area (Å²) < 4.78 is 0. The summed E-state index contributed by atoms with van der Waals surface area (Å²) in [4.78, 5) is 2.31. The first-order chi connectivity index (χ1) is 14.5. The maximum absolute atomic E-state index is 2.31. The van der Waals surface area contributed by atoms with Crippen LogP contribution in [0, 0.1) is 13.8 Å². The second-order valence-electron chi connectivity index (χ2n) is 8.33. The molecular weight excluding hydrogens is 362 g/mol. The van der Waals surface area contributed by atoms with Gasteiger partial charge in [-0.25, -0.2) is 0 Å². The van der Waals surface area contributed by atoms with E-state index in [2.05, 4.69) is 130 Å². The lowest BCUT2D eigenvalue weighted by atomic mass is 9.97. The molecule has 150 valence electrons. The molecule has 0 aliphatic carbocycles. The van der Waals surface area contributed by atoms with Crippen LogP contribution < -0.4 is 4.90 Å². The van der Waals surface area contributed by atoms with E-state index in [0.29, 0.717) is 5.92 Å². The Labute approximate surface area is 180 Å². The third kappa shape index (κ3) is 4.31. The lowest BCUT2D eigenvalue weighted by Crippen LogP contribution is -2.09. The van der Waals surface area contributed by atoms with E-state index in [1.165, 1.54) is 39.2 Å². The summed E-state index contributed by atoms with van der Waals surface area (Å²) >= 11 is 0. The lowest BCUT2D eigenvalue weighted by molar-refractivity contribution is 0.867. The quantitative estimate of drug-likeness (QED) is 0.329. The number of anilines is 3. The van der Waals surface area contributed by atoms with Crippen LogP contribution in [0.25, 0.3) is 11.1 Å². The van der Waals surface area contributed by atoms with Crippen molar-refractivity contribution in [1.82, 2.24) is 0 Å². The molecule has 0 heterocycles. The van der Waals surface area contributed by atoms with E-state index in [4.69, 9.17) is 0 Å². The molecule has 0 aromatic heterocycles. The predicted molar refractivity (Wildman–Crippen MR) is 130 cm³/mol. The maximum atomic E-state index is 2.31. The van der Waals surface area contributed by atoms with E-state index < -0.39 is 0 Å². The first kappa shape index (κ1) is 20.0. The van der Waals surface area contributed by atoms with Crippen molar-refractivity contribution in [2.24, 2.45) is 0 Å². The summed E-state index contributed by atoms with van der Waals surface area (Å²) in [5, 5.41) is 0. The SMILES string of the molecule is Cc1ccc(N(c2ccc(C)cc2)c2ccc(-c3cccc(C(C)C)c3)cc2)cc1. The fourth-order valence-electron chi connectivity index (χ4n) is 3.72. The van der Waals surface area contributed by atoms with Crippen LogP contribution in [0.3, 0.4) is 0 Å². The Hall–Kier alpha value is -3.32. The second-order valence-corrected chi connectivity index (χ2v) is 8.33. The van der Waals surface area contributed by atoms with Crippen LogP contribution in [0.15, 0.2) is 97.1 Å². The summed E-state index contributed by atoms with van der Waals surface area (Å²) in [6.07, 6.45) is 0. The van der Waals surface area contributed by atoms with Gasteiger partial charge in [-0.3, -0.25) is 0 Å². The highest BCUT2D eigenvalue weighted by atomic mass is 15.1. The Balaban J connectivity index is 1.73. The molecule has 0 bridgehead atoms. The van der Waals surface area contributed by atoms with Gasteiger partial charge in [-0.15, -0.1) is 0 Å². The normalized spacial score (nSPS) is 11.0. The summed E-state index contributed by atoms with van der Waals surface area (Å²) in [5.41, 5.74) is 9.91. The van der Waals surface area contributed by atoms with Gasteiger partial charge in [0.2, 0.25) is 0 Å². The highest BCUT2D eigenvalue weighted by molar-refractivity contribution is 5.78. The Morgan fingerprint density at radius 1 is 0.533 bits per heavy atom. The average Bonchev–Trinajstić information content (AvgIpc) is 2.77. The number of aryl methyl sites for hydroxylation is 2. The van der Waals surface area contributed by atoms with Crippen LogP contribution >= 0.6 is 0 Å². The van der Waals surface area contributed by atoms with Crippen molar-refractivity contribution in [3.63, 3.8) is 0 Å². The van der Waals surface area contributed by atoms with Gasteiger partial charge in [-0.05, 0) is 72.9 Å². The molecule has 30 heavy (non-hydrogen) atoms. The topological polar surface area (TPSA) is 3.24 Å². The van der Waals surface area contributed by atoms with Crippen molar-refractivity contribution in [1.29, 1.82) is 0 Å². The zero-order valence-electron chi connectivity index (χ0n) is 18.3. The number of benzene rings is 4. The van der Waals surface area contributed by atoms with E-state index in [1.54, 1.807) is 0 Å². The Morgan fingerprint density at radius 2 is 1.00 bits per heavy atom. The highest BCUT2D eigenvalue weighted by Crippen LogP contribution is 2.36. The maximum Gasteiger partial charge on any atom is 0.0462 e. The van der Waals surface area contributed by atoms with Crippen LogP contribution in [0.5, 0.6) is 0 Å². The monoisotopic (exact) mass is 391 g/mol. The van der Waals surface area contributed by atoms with E-state index in [1.807, 2.05) is 0 Å². The Morgan fingerprint density at radius 3 is 1.47 bits per heavy atom. The molecule has 4 aromatic rings. The first-order valence-electron chi connectivity index (χ1n) is 10.6. The highest BCUT2D eigenvalue weighted by Gasteiger charge is 2.12. The summed E-state index contributed by atoms with van der Waals surface area (Å²) in [7, 11) is 0. The van der Waals surface area contributed by atoms with Gasteiger partial charge in [-0.1, -0.05) is 85.6 Å². The van der Waals surface area contributed by atoms with Crippen LogP contribution in [-0.2, 0) is 0 Å². The van der Waals surface area contributed by atoms with E-state index in [0.717, 1.165) is 5.69 Å². The first-order valence-corrected chi connectivity index (χ1v) is 10.6. The van der Waals surface area contributed by atoms with Gasteiger partial charge in [0.25, 0.3) is 0 Å². The molecule has 0 radical (unpaired) electrons. The average molecular weight is 392 g/mol. The molecule has 0 N–H and O–H groups in total. The molecule has 0 saturated heterocycles. The minimum Gasteiger partial charge on any atom is -0.311 e. The van der Waals surface area contributed by atoms with Crippen molar-refractivity contribution in [2.45, 2.75) is 33.6 Å². The Bertz CT molecular complexity index is 1060. The number of nitrogens with zero attached hydrogens (tertiary/aromatic N) is 1. The van der Waals surface area contributed by atoms with E-state index in [9.17, 15) is 0 Å². The zero-order valence-corrected chi connectivity index (χ0v) is 18.3. The third-order valence-electron chi connectivity index (χ3n) is 5.60. The van der Waals surface area contributed by atoms with Crippen molar-refractivity contribution in [2.75, 3.05) is 4.90 Å². The van der Waals surface area contributed by atoms with Crippen molar-refractivity contribution >= 4 is 17.1 Å². The molecule has 0 amide bonds. The van der Waals surface area contributed by atoms with Gasteiger partial charge in [0, 0.05) is 17.1 Å². The predicted octanol–water partition coefficient (Wildman–Crippen LogP) is 8.56. The lowest BCUT2D eigenvalue weighted by Gasteiger charge is -2.26. The van der Waals surface area contributed by atoms with Crippen molar-refractivity contribution < 1.29 is 0 Å². The van der Waals surface area contributed by atoms with Crippen molar-refractivity contribution in [3.8, 4) is 11.1 Å². The minimum atomic E-state index is 0.530. The smallest absolute Gasteiger partial charge is 0.0462 e. The summed E-state index contributed by atoms with van der Waals surface area (Å²) in [5.74, 6) is 0.530.